The quantitative estimate of drug-likeness (QED) is 0.831. The van der Waals surface area contributed by atoms with E-state index in [4.69, 9.17) is 0 Å². The number of imide groups is 1. The first-order valence-corrected chi connectivity index (χ1v) is 7.72. The number of benzene rings is 1. The number of phenolic OH excluding ortho intramolecular Hbond substituents is 1. The van der Waals surface area contributed by atoms with Gasteiger partial charge < -0.3 is 10.0 Å². The van der Waals surface area contributed by atoms with Crippen molar-refractivity contribution >= 4 is 17.5 Å². The van der Waals surface area contributed by atoms with E-state index in [-0.39, 0.29) is 30.0 Å². The summed E-state index contributed by atoms with van der Waals surface area (Å²) in [6.07, 6.45) is 0.242. The summed E-state index contributed by atoms with van der Waals surface area (Å²) in [7, 11) is 0. The number of hydrogen-bond acceptors (Lipinski definition) is 5. The molecule has 1 aromatic rings. The van der Waals surface area contributed by atoms with Gasteiger partial charge in [-0.3, -0.25) is 14.5 Å². The van der Waals surface area contributed by atoms with Gasteiger partial charge in [0, 0.05) is 26.2 Å². The molecule has 6 nitrogen and oxygen atoms in total. The Balaban J connectivity index is 1.73. The molecule has 1 atom stereocenters. The van der Waals surface area contributed by atoms with Crippen molar-refractivity contribution in [3.8, 4) is 5.75 Å². The highest BCUT2D eigenvalue weighted by Gasteiger charge is 2.43. The van der Waals surface area contributed by atoms with E-state index >= 15 is 0 Å². The van der Waals surface area contributed by atoms with Crippen LogP contribution in [-0.4, -0.2) is 65.5 Å². The molecule has 2 fully saturated rings. The molecular weight excluding hydrogens is 282 g/mol. The minimum absolute atomic E-state index is 0.120. The second-order valence-electron chi connectivity index (χ2n) is 5.77. The van der Waals surface area contributed by atoms with E-state index in [0.29, 0.717) is 5.69 Å². The lowest BCUT2D eigenvalue weighted by atomic mass is 10.1. The molecule has 2 amide bonds. The molecule has 0 bridgehead atoms. The van der Waals surface area contributed by atoms with Gasteiger partial charge in [-0.15, -0.1) is 0 Å². The van der Waals surface area contributed by atoms with E-state index in [1.165, 1.54) is 17.0 Å². The maximum absolute atomic E-state index is 12.6. The first kappa shape index (κ1) is 15.0. The van der Waals surface area contributed by atoms with Crippen molar-refractivity contribution in [3.63, 3.8) is 0 Å². The van der Waals surface area contributed by atoms with Gasteiger partial charge in [0.2, 0.25) is 5.91 Å². The SMILES string of the molecule is CCN1CCN(C2CC(=O)N(c3ccc(O)cc3)C2=O)CC1. The zero-order valence-electron chi connectivity index (χ0n) is 12.7. The third kappa shape index (κ3) is 2.71. The average molecular weight is 303 g/mol. The lowest BCUT2D eigenvalue weighted by Crippen LogP contribution is -2.52. The number of piperazine rings is 1. The fourth-order valence-electron chi connectivity index (χ4n) is 3.17. The molecule has 1 aromatic carbocycles. The molecule has 2 heterocycles. The molecular formula is C16H21N3O3. The Hall–Kier alpha value is -1.92. The van der Waals surface area contributed by atoms with Gasteiger partial charge in [-0.2, -0.15) is 0 Å². The van der Waals surface area contributed by atoms with Crippen molar-refractivity contribution in [1.82, 2.24) is 9.80 Å². The highest BCUT2D eigenvalue weighted by molar-refractivity contribution is 6.22. The summed E-state index contributed by atoms with van der Waals surface area (Å²) in [4.78, 5) is 30.6. The Kier molecular flexibility index (Phi) is 4.13. The largest absolute Gasteiger partial charge is 0.508 e. The van der Waals surface area contributed by atoms with Gasteiger partial charge >= 0.3 is 0 Å². The van der Waals surface area contributed by atoms with Crippen LogP contribution in [-0.2, 0) is 9.59 Å². The van der Waals surface area contributed by atoms with Crippen LogP contribution < -0.4 is 4.90 Å². The highest BCUT2D eigenvalue weighted by atomic mass is 16.3. The van der Waals surface area contributed by atoms with Crippen molar-refractivity contribution in [2.45, 2.75) is 19.4 Å². The summed E-state index contributed by atoms with van der Waals surface area (Å²) < 4.78 is 0. The van der Waals surface area contributed by atoms with E-state index < -0.39 is 0 Å². The topological polar surface area (TPSA) is 64.1 Å². The summed E-state index contributed by atoms with van der Waals surface area (Å²) in [5, 5.41) is 9.33. The summed E-state index contributed by atoms with van der Waals surface area (Å²) in [5.74, 6) is -0.200. The number of likely N-dealkylation sites (N-methyl/N-ethyl adjacent to an activating group) is 1. The van der Waals surface area contributed by atoms with E-state index in [9.17, 15) is 14.7 Å². The number of aromatic hydroxyl groups is 1. The summed E-state index contributed by atoms with van der Waals surface area (Å²) in [5.41, 5.74) is 0.530. The fraction of sp³-hybridized carbons (Fsp3) is 0.500. The summed E-state index contributed by atoms with van der Waals surface area (Å²) in [6, 6.07) is 5.83. The van der Waals surface area contributed by atoms with Crippen LogP contribution >= 0.6 is 0 Å². The maximum Gasteiger partial charge on any atom is 0.251 e. The van der Waals surface area contributed by atoms with Crippen LogP contribution in [0.4, 0.5) is 5.69 Å². The minimum Gasteiger partial charge on any atom is -0.508 e. The Morgan fingerprint density at radius 3 is 2.32 bits per heavy atom. The summed E-state index contributed by atoms with van der Waals surface area (Å²) >= 11 is 0. The van der Waals surface area contributed by atoms with Crippen molar-refractivity contribution in [2.75, 3.05) is 37.6 Å². The number of anilines is 1. The lowest BCUT2D eigenvalue weighted by Gasteiger charge is -2.36. The van der Waals surface area contributed by atoms with Crippen LogP contribution in [0.3, 0.4) is 0 Å². The number of nitrogens with zero attached hydrogens (tertiary/aromatic N) is 3. The minimum atomic E-state index is -0.347. The van der Waals surface area contributed by atoms with Crippen LogP contribution in [0.5, 0.6) is 5.75 Å². The Bertz CT molecular complexity index is 565. The normalized spacial score (nSPS) is 24.2. The Morgan fingerprint density at radius 2 is 1.73 bits per heavy atom. The number of phenols is 1. The first-order valence-electron chi connectivity index (χ1n) is 7.72. The number of hydrogen-bond donors (Lipinski definition) is 1. The fourth-order valence-corrected chi connectivity index (χ4v) is 3.17. The van der Waals surface area contributed by atoms with Crippen LogP contribution in [0.25, 0.3) is 0 Å². The molecule has 2 saturated heterocycles. The Labute approximate surface area is 129 Å². The predicted molar refractivity (Wildman–Crippen MR) is 82.7 cm³/mol. The smallest absolute Gasteiger partial charge is 0.251 e. The van der Waals surface area contributed by atoms with Gasteiger partial charge in [0.25, 0.3) is 5.91 Å². The van der Waals surface area contributed by atoms with Crippen molar-refractivity contribution in [1.29, 1.82) is 0 Å². The molecule has 0 saturated carbocycles. The molecule has 118 valence electrons. The van der Waals surface area contributed by atoms with Gasteiger partial charge in [0.05, 0.1) is 18.2 Å². The molecule has 6 heteroatoms. The molecule has 1 N–H and O–H groups in total. The molecule has 0 radical (unpaired) electrons. The standard InChI is InChI=1S/C16H21N3O3/c1-2-17-7-9-18(10-8-17)14-11-15(21)19(16(14)22)12-3-5-13(20)6-4-12/h3-6,14,20H,2,7-11H2,1H3. The van der Waals surface area contributed by atoms with Crippen molar-refractivity contribution < 1.29 is 14.7 Å². The van der Waals surface area contributed by atoms with Gasteiger partial charge in [-0.1, -0.05) is 6.92 Å². The Morgan fingerprint density at radius 1 is 1.09 bits per heavy atom. The van der Waals surface area contributed by atoms with E-state index in [1.807, 2.05) is 0 Å². The zero-order chi connectivity index (χ0) is 15.7. The van der Waals surface area contributed by atoms with Crippen LogP contribution in [0.2, 0.25) is 0 Å². The van der Waals surface area contributed by atoms with Gasteiger partial charge in [0.1, 0.15) is 5.75 Å². The van der Waals surface area contributed by atoms with Gasteiger partial charge in [0.15, 0.2) is 0 Å². The van der Waals surface area contributed by atoms with Crippen molar-refractivity contribution in [2.24, 2.45) is 0 Å². The average Bonchev–Trinajstić information content (AvgIpc) is 2.83. The van der Waals surface area contributed by atoms with Gasteiger partial charge in [-0.05, 0) is 30.8 Å². The van der Waals surface area contributed by atoms with E-state index in [0.717, 1.165) is 32.7 Å². The monoisotopic (exact) mass is 303 g/mol. The molecule has 3 rings (SSSR count). The predicted octanol–water partition coefficient (Wildman–Crippen LogP) is 0.662. The number of carbonyl (C=O) groups excluding carboxylic acids is 2. The molecule has 0 aromatic heterocycles. The molecule has 1 unspecified atom stereocenters. The second kappa shape index (κ2) is 6.06. The number of rotatable bonds is 3. The number of amides is 2. The van der Waals surface area contributed by atoms with Gasteiger partial charge in [-0.25, -0.2) is 4.90 Å². The van der Waals surface area contributed by atoms with E-state index in [2.05, 4.69) is 16.7 Å². The third-order valence-corrected chi connectivity index (χ3v) is 4.53. The molecule has 2 aliphatic heterocycles. The lowest BCUT2D eigenvalue weighted by molar-refractivity contribution is -0.123. The van der Waals surface area contributed by atoms with Crippen molar-refractivity contribution in [3.05, 3.63) is 24.3 Å². The van der Waals surface area contributed by atoms with E-state index in [1.54, 1.807) is 12.1 Å². The molecule has 2 aliphatic rings. The summed E-state index contributed by atoms with van der Waals surface area (Å²) in [6.45, 7) is 6.67. The maximum atomic E-state index is 12.6. The molecule has 0 aliphatic carbocycles. The molecule has 0 spiro atoms. The van der Waals surface area contributed by atoms with Crippen LogP contribution in [0, 0.1) is 0 Å². The first-order chi connectivity index (χ1) is 10.6. The number of carbonyl (C=O) groups is 2. The molecule has 22 heavy (non-hydrogen) atoms. The second-order valence-corrected chi connectivity index (χ2v) is 5.77. The zero-order valence-corrected chi connectivity index (χ0v) is 12.7. The van der Waals surface area contributed by atoms with Crippen LogP contribution in [0.1, 0.15) is 13.3 Å². The van der Waals surface area contributed by atoms with Crippen LogP contribution in [0.15, 0.2) is 24.3 Å². The highest BCUT2D eigenvalue weighted by Crippen LogP contribution is 2.27. The third-order valence-electron chi connectivity index (χ3n) is 4.53.